The van der Waals surface area contributed by atoms with Crippen molar-refractivity contribution in [2.75, 3.05) is 12.3 Å². The van der Waals surface area contributed by atoms with E-state index >= 15 is 0 Å². The lowest BCUT2D eigenvalue weighted by atomic mass is 10.2. The lowest BCUT2D eigenvalue weighted by molar-refractivity contribution is 0.0725. The maximum atomic E-state index is 12.8. The molecule has 7 heteroatoms. The minimum Gasteiger partial charge on any atom is -0.382 e. The van der Waals surface area contributed by atoms with Crippen molar-refractivity contribution in [3.63, 3.8) is 0 Å². The maximum Gasteiger partial charge on any atom is 0.276 e. The number of fused-ring (bicyclic) bond motifs is 1. The zero-order valence-electron chi connectivity index (χ0n) is 13.4. The van der Waals surface area contributed by atoms with Crippen LogP contribution in [-0.2, 0) is 0 Å². The summed E-state index contributed by atoms with van der Waals surface area (Å²) in [5, 5.41) is 0. The van der Waals surface area contributed by atoms with E-state index in [0.717, 1.165) is 29.7 Å². The van der Waals surface area contributed by atoms with Crippen molar-refractivity contribution in [2.24, 2.45) is 0 Å². The minimum absolute atomic E-state index is 0.0911. The van der Waals surface area contributed by atoms with Gasteiger partial charge in [0.2, 0.25) is 0 Å². The number of hydrogen-bond acceptors (Lipinski definition) is 5. The second-order valence-electron chi connectivity index (χ2n) is 6.09. The Morgan fingerprint density at radius 3 is 3.00 bits per heavy atom. The summed E-state index contributed by atoms with van der Waals surface area (Å²) >= 11 is 0. The van der Waals surface area contributed by atoms with Crippen LogP contribution in [0.4, 0.5) is 5.82 Å². The van der Waals surface area contributed by atoms with Gasteiger partial charge in [0.1, 0.15) is 5.82 Å². The molecule has 3 N–H and O–H groups in total. The third-order valence-electron chi connectivity index (χ3n) is 4.41. The zero-order valence-corrected chi connectivity index (χ0v) is 13.4. The van der Waals surface area contributed by atoms with Crippen molar-refractivity contribution in [3.05, 3.63) is 47.7 Å². The van der Waals surface area contributed by atoms with Crippen LogP contribution in [0.2, 0.25) is 0 Å². The maximum absolute atomic E-state index is 12.8. The van der Waals surface area contributed by atoms with Gasteiger partial charge in [-0.05, 0) is 37.5 Å². The Labute approximate surface area is 138 Å². The smallest absolute Gasteiger partial charge is 0.276 e. The molecule has 122 valence electrons. The van der Waals surface area contributed by atoms with E-state index in [1.165, 1.54) is 18.0 Å². The van der Waals surface area contributed by atoms with Crippen LogP contribution in [-0.4, -0.2) is 37.3 Å². The highest BCUT2D eigenvalue weighted by atomic mass is 16.2. The van der Waals surface area contributed by atoms with Gasteiger partial charge in [0.05, 0.1) is 17.1 Å². The van der Waals surface area contributed by atoms with Crippen molar-refractivity contribution in [1.29, 1.82) is 0 Å². The summed E-state index contributed by atoms with van der Waals surface area (Å²) in [4.78, 5) is 30.7. The highest BCUT2D eigenvalue weighted by Crippen LogP contribution is 2.33. The average molecular weight is 322 g/mol. The van der Waals surface area contributed by atoms with Crippen LogP contribution in [0.15, 0.2) is 30.6 Å². The van der Waals surface area contributed by atoms with E-state index in [4.69, 9.17) is 5.73 Å². The fourth-order valence-electron chi connectivity index (χ4n) is 3.24. The number of carbonyl (C=O) groups is 1. The molecule has 0 bridgehead atoms. The van der Waals surface area contributed by atoms with Gasteiger partial charge < -0.3 is 15.6 Å². The number of anilines is 1. The molecule has 7 nitrogen and oxygen atoms in total. The van der Waals surface area contributed by atoms with Gasteiger partial charge in [-0.2, -0.15) is 0 Å². The Morgan fingerprint density at radius 1 is 1.33 bits per heavy atom. The number of aromatic nitrogens is 4. The topological polar surface area (TPSA) is 101 Å². The van der Waals surface area contributed by atoms with E-state index in [2.05, 4.69) is 26.0 Å². The number of rotatable bonds is 2. The Balaban J connectivity index is 1.69. The fraction of sp³-hybridized carbons (Fsp3) is 0.294. The van der Waals surface area contributed by atoms with Crippen molar-refractivity contribution >= 4 is 22.8 Å². The van der Waals surface area contributed by atoms with Crippen LogP contribution < -0.4 is 5.73 Å². The molecule has 1 fully saturated rings. The summed E-state index contributed by atoms with van der Waals surface area (Å²) in [5.74, 6) is 0.775. The molecule has 4 rings (SSSR count). The Hall–Kier alpha value is -2.96. The van der Waals surface area contributed by atoms with Crippen molar-refractivity contribution < 1.29 is 4.79 Å². The minimum atomic E-state index is -0.195. The largest absolute Gasteiger partial charge is 0.382 e. The molecule has 0 spiro atoms. The lowest BCUT2D eigenvalue weighted by Gasteiger charge is -2.23. The average Bonchev–Trinajstić information content (AvgIpc) is 3.20. The molecule has 1 amide bonds. The van der Waals surface area contributed by atoms with Gasteiger partial charge in [0, 0.05) is 18.9 Å². The second-order valence-corrected chi connectivity index (χ2v) is 6.09. The number of nitrogens with zero attached hydrogens (tertiary/aromatic N) is 4. The second kappa shape index (κ2) is 5.59. The van der Waals surface area contributed by atoms with Crippen molar-refractivity contribution in [3.8, 4) is 0 Å². The number of carbonyl (C=O) groups excluding carboxylic acids is 1. The Bertz CT molecular complexity index is 918. The molecule has 1 saturated heterocycles. The van der Waals surface area contributed by atoms with E-state index in [0.29, 0.717) is 6.54 Å². The van der Waals surface area contributed by atoms with Crippen LogP contribution in [0.5, 0.6) is 0 Å². The Kier molecular flexibility index (Phi) is 3.41. The van der Waals surface area contributed by atoms with Gasteiger partial charge in [0.25, 0.3) is 5.91 Å². The molecule has 1 aliphatic heterocycles. The summed E-state index contributed by atoms with van der Waals surface area (Å²) in [7, 11) is 0. The summed E-state index contributed by atoms with van der Waals surface area (Å²) in [5.41, 5.74) is 9.08. The molecule has 0 aliphatic carbocycles. The summed E-state index contributed by atoms with van der Waals surface area (Å²) in [6.45, 7) is 2.71. The normalized spacial score (nSPS) is 17.5. The molecule has 0 radical (unpaired) electrons. The van der Waals surface area contributed by atoms with Gasteiger partial charge in [-0.1, -0.05) is 6.07 Å². The number of nitrogen functional groups attached to an aromatic ring is 1. The van der Waals surface area contributed by atoms with E-state index in [1.54, 1.807) is 4.90 Å². The SMILES string of the molecule is Cc1ccc2nc(C3CCCN3C(=O)c3nccnc3N)[nH]c2c1. The molecule has 0 saturated carbocycles. The molecule has 1 aromatic carbocycles. The van der Waals surface area contributed by atoms with Gasteiger partial charge in [-0.3, -0.25) is 4.79 Å². The molecule has 24 heavy (non-hydrogen) atoms. The zero-order chi connectivity index (χ0) is 16.7. The number of imidazole rings is 1. The van der Waals surface area contributed by atoms with Gasteiger partial charge in [-0.15, -0.1) is 0 Å². The molecule has 1 atom stereocenters. The molecule has 3 aromatic rings. The first-order valence-electron chi connectivity index (χ1n) is 7.97. The van der Waals surface area contributed by atoms with E-state index < -0.39 is 0 Å². The molecular formula is C17H18N6O. The third-order valence-corrected chi connectivity index (χ3v) is 4.41. The van der Waals surface area contributed by atoms with Crippen LogP contribution in [0.25, 0.3) is 11.0 Å². The fourth-order valence-corrected chi connectivity index (χ4v) is 3.24. The molecule has 1 unspecified atom stereocenters. The van der Waals surface area contributed by atoms with Crippen LogP contribution in [0, 0.1) is 6.92 Å². The quantitative estimate of drug-likeness (QED) is 0.753. The number of hydrogen-bond donors (Lipinski definition) is 2. The number of benzene rings is 1. The van der Waals surface area contributed by atoms with Crippen LogP contribution in [0.1, 0.15) is 40.8 Å². The first-order chi connectivity index (χ1) is 11.6. The van der Waals surface area contributed by atoms with E-state index in [9.17, 15) is 4.79 Å². The van der Waals surface area contributed by atoms with E-state index in [-0.39, 0.29) is 23.5 Å². The number of aromatic amines is 1. The third kappa shape index (κ3) is 2.38. The molecular weight excluding hydrogens is 304 g/mol. The van der Waals surface area contributed by atoms with Crippen LogP contribution >= 0.6 is 0 Å². The standard InChI is InChI=1S/C17H18N6O/c1-10-4-5-11-12(9-10)22-16(21-11)13-3-2-8-23(13)17(24)14-15(18)20-7-6-19-14/h4-7,9,13H,2-3,8H2,1H3,(H2,18,20)(H,21,22). The number of likely N-dealkylation sites (tertiary alicyclic amines) is 1. The number of H-pyrrole nitrogens is 1. The highest BCUT2D eigenvalue weighted by Gasteiger charge is 2.34. The summed E-state index contributed by atoms with van der Waals surface area (Å²) in [6.07, 6.45) is 4.76. The summed E-state index contributed by atoms with van der Waals surface area (Å²) in [6, 6.07) is 6.00. The number of aryl methyl sites for hydroxylation is 1. The molecule has 1 aliphatic rings. The van der Waals surface area contributed by atoms with Gasteiger partial charge in [-0.25, -0.2) is 15.0 Å². The number of amides is 1. The summed E-state index contributed by atoms with van der Waals surface area (Å²) < 4.78 is 0. The van der Waals surface area contributed by atoms with Crippen molar-refractivity contribution in [1.82, 2.24) is 24.8 Å². The molecule has 3 heterocycles. The van der Waals surface area contributed by atoms with Crippen molar-refractivity contribution in [2.45, 2.75) is 25.8 Å². The van der Waals surface area contributed by atoms with E-state index in [1.807, 2.05) is 19.1 Å². The van der Waals surface area contributed by atoms with Gasteiger partial charge >= 0.3 is 0 Å². The highest BCUT2D eigenvalue weighted by molar-refractivity contribution is 5.96. The predicted octanol–water partition coefficient (Wildman–Crippen LogP) is 2.22. The molecule has 2 aromatic heterocycles. The van der Waals surface area contributed by atoms with Gasteiger partial charge in [0.15, 0.2) is 11.5 Å². The first kappa shape index (κ1) is 14.6. The predicted molar refractivity (Wildman–Crippen MR) is 90.3 cm³/mol. The lowest BCUT2D eigenvalue weighted by Crippen LogP contribution is -2.32. The first-order valence-corrected chi connectivity index (χ1v) is 7.97. The number of nitrogens with two attached hydrogens (primary N) is 1. The number of nitrogens with one attached hydrogen (secondary N) is 1. The van der Waals surface area contributed by atoms with Crippen LogP contribution in [0.3, 0.4) is 0 Å². The monoisotopic (exact) mass is 322 g/mol. The Morgan fingerprint density at radius 2 is 2.17 bits per heavy atom.